The van der Waals surface area contributed by atoms with Crippen LogP contribution in [0.25, 0.3) is 0 Å². The number of nitrogens with one attached hydrogen (secondary N) is 1. The largest absolute Gasteiger partial charge is 0.480 e. The summed E-state index contributed by atoms with van der Waals surface area (Å²) in [5.41, 5.74) is 0. The summed E-state index contributed by atoms with van der Waals surface area (Å²) in [4.78, 5) is 37.3. The predicted molar refractivity (Wildman–Crippen MR) is 85.9 cm³/mol. The molecular weight excluding hydrogens is 328 g/mol. The average molecular weight is 346 g/mol. The fourth-order valence-corrected chi connectivity index (χ4v) is 2.85. The summed E-state index contributed by atoms with van der Waals surface area (Å²) in [5.74, 6) is -1.24. The molecule has 132 valence electrons. The number of hydrogen-bond donors (Lipinski definition) is 2. The summed E-state index contributed by atoms with van der Waals surface area (Å²) in [6, 6.07) is 4.10. The van der Waals surface area contributed by atoms with Gasteiger partial charge in [-0.15, -0.1) is 0 Å². The van der Waals surface area contributed by atoms with Crippen LogP contribution in [-0.4, -0.2) is 50.2 Å². The molecule has 9 nitrogen and oxygen atoms in total. The Morgan fingerprint density at radius 3 is 2.88 bits per heavy atom. The van der Waals surface area contributed by atoms with Gasteiger partial charge in [-0.05, 0) is 31.4 Å². The number of aromatic nitrogens is 2. The van der Waals surface area contributed by atoms with Crippen molar-refractivity contribution in [3.8, 4) is 0 Å². The van der Waals surface area contributed by atoms with Crippen LogP contribution >= 0.6 is 0 Å². The lowest BCUT2D eigenvalue weighted by Crippen LogP contribution is -2.50. The highest BCUT2D eigenvalue weighted by molar-refractivity contribution is 5.99. The van der Waals surface area contributed by atoms with Gasteiger partial charge in [0.1, 0.15) is 12.6 Å². The molecule has 1 unspecified atom stereocenters. The summed E-state index contributed by atoms with van der Waals surface area (Å²) in [6.45, 7) is 0.188. The molecule has 1 saturated heterocycles. The molecule has 3 rings (SSSR count). The fourth-order valence-electron chi connectivity index (χ4n) is 2.85. The number of likely N-dealkylation sites (tertiary alicyclic amines) is 1. The van der Waals surface area contributed by atoms with E-state index < -0.39 is 12.0 Å². The summed E-state index contributed by atoms with van der Waals surface area (Å²) in [6.07, 6.45) is 5.10. The Kier molecular flexibility index (Phi) is 4.82. The van der Waals surface area contributed by atoms with E-state index in [0.717, 1.165) is 12.8 Å². The average Bonchev–Trinajstić information content (AvgIpc) is 3.26. The maximum absolute atomic E-state index is 12.6. The van der Waals surface area contributed by atoms with Crippen molar-refractivity contribution in [2.75, 3.05) is 11.9 Å². The van der Waals surface area contributed by atoms with E-state index in [1.165, 1.54) is 28.1 Å². The Morgan fingerprint density at radius 2 is 2.16 bits per heavy atom. The normalized spacial score (nSPS) is 17.3. The third-order valence-corrected chi connectivity index (χ3v) is 3.99. The van der Waals surface area contributed by atoms with Crippen molar-refractivity contribution >= 4 is 23.6 Å². The number of aliphatic carboxylic acids is 1. The number of amides is 2. The van der Waals surface area contributed by atoms with Crippen LogP contribution in [0.15, 0.2) is 35.1 Å². The lowest BCUT2D eigenvalue weighted by Gasteiger charge is -2.33. The first kappa shape index (κ1) is 16.7. The number of piperidine rings is 1. The van der Waals surface area contributed by atoms with E-state index in [4.69, 9.17) is 9.52 Å². The molecule has 25 heavy (non-hydrogen) atoms. The molecule has 0 aromatic carbocycles. The highest BCUT2D eigenvalue weighted by atomic mass is 16.4. The highest BCUT2D eigenvalue weighted by Crippen LogP contribution is 2.21. The van der Waals surface area contributed by atoms with Crippen LogP contribution in [0, 0.1) is 0 Å². The zero-order chi connectivity index (χ0) is 17.8. The first-order chi connectivity index (χ1) is 12.0. The van der Waals surface area contributed by atoms with E-state index in [0.29, 0.717) is 13.0 Å². The van der Waals surface area contributed by atoms with Gasteiger partial charge in [-0.1, -0.05) is 0 Å². The van der Waals surface area contributed by atoms with Crippen LogP contribution in [0.2, 0.25) is 0 Å². The molecule has 2 N–H and O–H groups in total. The molecule has 1 aliphatic rings. The number of rotatable bonds is 5. The van der Waals surface area contributed by atoms with E-state index in [1.807, 2.05) is 0 Å². The summed E-state index contributed by atoms with van der Waals surface area (Å²) >= 11 is 0. The molecule has 2 amide bonds. The summed E-state index contributed by atoms with van der Waals surface area (Å²) in [7, 11) is 0. The minimum Gasteiger partial charge on any atom is -0.480 e. The lowest BCUT2D eigenvalue weighted by atomic mass is 10.0. The minimum atomic E-state index is -1.02. The van der Waals surface area contributed by atoms with Crippen molar-refractivity contribution in [1.82, 2.24) is 14.7 Å². The summed E-state index contributed by atoms with van der Waals surface area (Å²) < 4.78 is 6.35. The maximum Gasteiger partial charge on any atom is 0.325 e. The molecule has 2 aromatic heterocycles. The molecule has 0 aliphatic carbocycles. The molecular formula is C16H18N4O5. The molecule has 1 atom stereocenters. The van der Waals surface area contributed by atoms with Crippen molar-refractivity contribution in [2.24, 2.45) is 0 Å². The van der Waals surface area contributed by atoms with E-state index in [1.54, 1.807) is 12.1 Å². The zero-order valence-electron chi connectivity index (χ0n) is 13.4. The monoisotopic (exact) mass is 346 g/mol. The van der Waals surface area contributed by atoms with Gasteiger partial charge in [0, 0.05) is 18.8 Å². The van der Waals surface area contributed by atoms with E-state index in [-0.39, 0.29) is 29.9 Å². The van der Waals surface area contributed by atoms with Crippen LogP contribution in [0.5, 0.6) is 0 Å². The second-order valence-electron chi connectivity index (χ2n) is 5.77. The van der Waals surface area contributed by atoms with Crippen LogP contribution in [0.1, 0.15) is 29.8 Å². The molecule has 0 spiro atoms. The predicted octanol–water partition coefficient (Wildman–Crippen LogP) is 1.19. The second-order valence-corrected chi connectivity index (χ2v) is 5.77. The van der Waals surface area contributed by atoms with Crippen LogP contribution in [0.4, 0.5) is 5.82 Å². The van der Waals surface area contributed by atoms with Gasteiger partial charge >= 0.3 is 5.97 Å². The molecule has 0 radical (unpaired) electrons. The second kappa shape index (κ2) is 7.20. The Labute approximate surface area is 143 Å². The van der Waals surface area contributed by atoms with Crippen molar-refractivity contribution in [2.45, 2.75) is 31.8 Å². The Balaban J connectivity index is 1.69. The van der Waals surface area contributed by atoms with Gasteiger partial charge in [0.25, 0.3) is 5.91 Å². The first-order valence-corrected chi connectivity index (χ1v) is 7.95. The van der Waals surface area contributed by atoms with Gasteiger partial charge in [-0.25, -0.2) is 0 Å². The molecule has 1 fully saturated rings. The smallest absolute Gasteiger partial charge is 0.325 e. The number of carbonyl (C=O) groups excluding carboxylic acids is 2. The van der Waals surface area contributed by atoms with E-state index >= 15 is 0 Å². The van der Waals surface area contributed by atoms with E-state index in [9.17, 15) is 14.4 Å². The number of hydrogen-bond acceptors (Lipinski definition) is 5. The quantitative estimate of drug-likeness (QED) is 0.840. The Morgan fingerprint density at radius 1 is 1.32 bits per heavy atom. The lowest BCUT2D eigenvalue weighted by molar-refractivity contribution is -0.137. The first-order valence-electron chi connectivity index (χ1n) is 7.95. The van der Waals surface area contributed by atoms with Crippen molar-refractivity contribution in [3.05, 3.63) is 36.4 Å². The maximum atomic E-state index is 12.6. The van der Waals surface area contributed by atoms with Gasteiger partial charge in [0.05, 0.1) is 6.26 Å². The van der Waals surface area contributed by atoms with Gasteiger partial charge in [0.15, 0.2) is 11.6 Å². The number of carboxylic acids is 1. The number of anilines is 1. The molecule has 1 aliphatic heterocycles. The number of furan rings is 1. The van der Waals surface area contributed by atoms with Gasteiger partial charge in [-0.3, -0.25) is 19.1 Å². The summed E-state index contributed by atoms with van der Waals surface area (Å²) in [5, 5.41) is 15.4. The SMILES string of the molecule is O=C(O)Cn1ccc(NC(=O)C2CCCCN2C(=O)c2ccco2)n1. The molecule has 9 heteroatoms. The van der Waals surface area contributed by atoms with Crippen molar-refractivity contribution in [3.63, 3.8) is 0 Å². The third-order valence-electron chi connectivity index (χ3n) is 3.99. The highest BCUT2D eigenvalue weighted by Gasteiger charge is 2.33. The molecule has 3 heterocycles. The Hall–Kier alpha value is -3.10. The van der Waals surface area contributed by atoms with Gasteiger partial charge in [-0.2, -0.15) is 5.10 Å². The number of nitrogens with zero attached hydrogens (tertiary/aromatic N) is 3. The van der Waals surface area contributed by atoms with Crippen molar-refractivity contribution in [1.29, 1.82) is 0 Å². The standard InChI is InChI=1S/C16H18N4O5/c21-14(22)10-19-8-6-13(18-19)17-15(23)11-4-1-2-7-20(11)16(24)12-5-3-9-25-12/h3,5-6,8-9,11H,1-2,4,7,10H2,(H,21,22)(H,17,18,23). The van der Waals surface area contributed by atoms with Gasteiger partial charge < -0.3 is 19.7 Å². The molecule has 2 aromatic rings. The van der Waals surface area contributed by atoms with Crippen LogP contribution < -0.4 is 5.32 Å². The molecule has 0 saturated carbocycles. The van der Waals surface area contributed by atoms with Crippen LogP contribution in [-0.2, 0) is 16.1 Å². The van der Waals surface area contributed by atoms with Crippen molar-refractivity contribution < 1.29 is 23.9 Å². The number of carboxylic acid groups (broad SMARTS) is 1. The van der Waals surface area contributed by atoms with E-state index in [2.05, 4.69) is 10.4 Å². The third kappa shape index (κ3) is 3.87. The van der Waals surface area contributed by atoms with Crippen LogP contribution in [0.3, 0.4) is 0 Å². The Bertz CT molecular complexity index is 767. The topological polar surface area (TPSA) is 118 Å². The molecule has 0 bridgehead atoms. The zero-order valence-corrected chi connectivity index (χ0v) is 13.4. The number of carbonyl (C=O) groups is 3. The minimum absolute atomic E-state index is 0.199. The fraction of sp³-hybridized carbons (Fsp3) is 0.375. The van der Waals surface area contributed by atoms with Gasteiger partial charge in [0.2, 0.25) is 5.91 Å².